The molecule has 1 aromatic carbocycles. The Morgan fingerprint density at radius 2 is 2.00 bits per heavy atom. The minimum Gasteiger partial charge on any atom is -0.497 e. The molecule has 0 aliphatic carbocycles. The van der Waals surface area contributed by atoms with Crippen molar-refractivity contribution in [1.82, 2.24) is 9.88 Å². The molecule has 0 bridgehead atoms. The number of carbonyl (C=O) groups excluding carboxylic acids is 2. The first-order valence-corrected chi connectivity index (χ1v) is 8.43. The predicted molar refractivity (Wildman–Crippen MR) is 93.6 cm³/mol. The van der Waals surface area contributed by atoms with Crippen molar-refractivity contribution in [3.8, 4) is 5.75 Å². The Labute approximate surface area is 151 Å². The van der Waals surface area contributed by atoms with Gasteiger partial charge in [0.1, 0.15) is 12.0 Å². The zero-order valence-corrected chi connectivity index (χ0v) is 14.8. The lowest BCUT2D eigenvalue weighted by Gasteiger charge is -2.33. The molecular weight excluding hydrogens is 338 g/mol. The van der Waals surface area contributed by atoms with Crippen LogP contribution in [0.1, 0.15) is 27.8 Å². The molecule has 138 valence electrons. The lowest BCUT2D eigenvalue weighted by atomic mass is 10.1. The molecule has 1 aromatic heterocycles. The quantitative estimate of drug-likeness (QED) is 0.753. The van der Waals surface area contributed by atoms with Gasteiger partial charge in [-0.05, 0) is 25.1 Å². The maximum Gasteiger partial charge on any atom is 0.360 e. The van der Waals surface area contributed by atoms with Gasteiger partial charge < -0.3 is 23.7 Å². The Morgan fingerprint density at radius 1 is 1.23 bits per heavy atom. The summed E-state index contributed by atoms with van der Waals surface area (Å²) in [5, 5.41) is 0. The topological polar surface area (TPSA) is 85.1 Å². The van der Waals surface area contributed by atoms with Gasteiger partial charge in [-0.15, -0.1) is 0 Å². The maximum absolute atomic E-state index is 12.6. The van der Waals surface area contributed by atoms with Crippen molar-refractivity contribution in [2.75, 3.05) is 44.8 Å². The van der Waals surface area contributed by atoms with E-state index in [1.807, 2.05) is 4.90 Å². The number of aromatic nitrogens is 1. The number of ether oxygens (including phenoxy) is 2. The van der Waals surface area contributed by atoms with Crippen LogP contribution in [-0.4, -0.2) is 61.7 Å². The Bertz CT molecular complexity index is 781. The molecule has 2 heterocycles. The number of amides is 1. The van der Waals surface area contributed by atoms with Crippen LogP contribution in [0, 0.1) is 0 Å². The monoisotopic (exact) mass is 359 g/mol. The van der Waals surface area contributed by atoms with Crippen LogP contribution in [0.4, 0.5) is 6.01 Å². The molecule has 2 aromatic rings. The minimum atomic E-state index is -0.505. The van der Waals surface area contributed by atoms with E-state index in [0.29, 0.717) is 43.5 Å². The number of rotatable bonds is 5. The summed E-state index contributed by atoms with van der Waals surface area (Å²) in [4.78, 5) is 32.1. The first-order valence-electron chi connectivity index (χ1n) is 8.43. The van der Waals surface area contributed by atoms with E-state index >= 15 is 0 Å². The highest BCUT2D eigenvalue weighted by Gasteiger charge is 2.25. The number of methoxy groups -OCH3 is 1. The van der Waals surface area contributed by atoms with E-state index in [-0.39, 0.29) is 18.2 Å². The van der Waals surface area contributed by atoms with Crippen molar-refractivity contribution in [3.05, 3.63) is 41.8 Å². The van der Waals surface area contributed by atoms with Crippen molar-refractivity contribution >= 4 is 17.9 Å². The normalized spacial score (nSPS) is 14.2. The molecule has 8 nitrogen and oxygen atoms in total. The van der Waals surface area contributed by atoms with Crippen LogP contribution in [-0.2, 0) is 4.74 Å². The van der Waals surface area contributed by atoms with Gasteiger partial charge in [-0.25, -0.2) is 4.79 Å². The van der Waals surface area contributed by atoms with Crippen LogP contribution in [0.15, 0.2) is 34.9 Å². The second kappa shape index (κ2) is 7.90. The highest BCUT2D eigenvalue weighted by atomic mass is 16.5. The fourth-order valence-corrected chi connectivity index (χ4v) is 2.75. The average molecular weight is 359 g/mol. The third kappa shape index (κ3) is 3.79. The molecule has 8 heteroatoms. The molecule has 1 aliphatic rings. The maximum atomic E-state index is 12.6. The van der Waals surface area contributed by atoms with Gasteiger partial charge in [0.05, 0.1) is 13.7 Å². The van der Waals surface area contributed by atoms with Gasteiger partial charge in [0.15, 0.2) is 5.69 Å². The summed E-state index contributed by atoms with van der Waals surface area (Å²) in [7, 11) is 1.57. The molecule has 0 N–H and O–H groups in total. The van der Waals surface area contributed by atoms with Crippen molar-refractivity contribution in [3.63, 3.8) is 0 Å². The van der Waals surface area contributed by atoms with Crippen LogP contribution in [0.3, 0.4) is 0 Å². The van der Waals surface area contributed by atoms with Gasteiger partial charge in [0, 0.05) is 31.7 Å². The van der Waals surface area contributed by atoms with Crippen molar-refractivity contribution < 1.29 is 23.5 Å². The second-order valence-electron chi connectivity index (χ2n) is 5.75. The second-order valence-corrected chi connectivity index (χ2v) is 5.75. The first-order chi connectivity index (χ1) is 12.6. The third-order valence-electron chi connectivity index (χ3n) is 4.13. The highest BCUT2D eigenvalue weighted by molar-refractivity contribution is 5.94. The number of carbonyl (C=O) groups is 2. The lowest BCUT2D eigenvalue weighted by Crippen LogP contribution is -2.49. The van der Waals surface area contributed by atoms with Crippen molar-refractivity contribution in [2.24, 2.45) is 0 Å². The molecule has 1 saturated heterocycles. The van der Waals surface area contributed by atoms with Crippen LogP contribution >= 0.6 is 0 Å². The number of hydrogen-bond acceptors (Lipinski definition) is 7. The molecule has 0 atom stereocenters. The fraction of sp³-hybridized carbons (Fsp3) is 0.389. The fourth-order valence-electron chi connectivity index (χ4n) is 2.75. The molecular formula is C18H21N3O5. The number of esters is 1. The molecule has 0 unspecified atom stereocenters. The predicted octanol–water partition coefficient (Wildman–Crippen LogP) is 1.82. The summed E-state index contributed by atoms with van der Waals surface area (Å²) in [6.07, 6.45) is 1.29. The SMILES string of the molecule is CCOC(=O)c1coc(N2CCN(C(=O)c3cccc(OC)c3)CC2)n1. The van der Waals surface area contributed by atoms with E-state index < -0.39 is 5.97 Å². The summed E-state index contributed by atoms with van der Waals surface area (Å²) < 4.78 is 15.4. The average Bonchev–Trinajstić information content (AvgIpc) is 3.18. The van der Waals surface area contributed by atoms with Crippen LogP contribution in [0.5, 0.6) is 5.75 Å². The zero-order chi connectivity index (χ0) is 18.5. The van der Waals surface area contributed by atoms with Gasteiger partial charge in [0.2, 0.25) is 0 Å². The van der Waals surface area contributed by atoms with E-state index in [9.17, 15) is 9.59 Å². The number of hydrogen-bond donors (Lipinski definition) is 0. The summed E-state index contributed by atoms with van der Waals surface area (Å²) in [6, 6.07) is 7.47. The number of nitrogens with zero attached hydrogens (tertiary/aromatic N) is 3. The zero-order valence-electron chi connectivity index (χ0n) is 14.8. The molecule has 3 rings (SSSR count). The number of anilines is 1. The van der Waals surface area contributed by atoms with Crippen LogP contribution in [0.2, 0.25) is 0 Å². The minimum absolute atomic E-state index is 0.0387. The van der Waals surface area contributed by atoms with Crippen molar-refractivity contribution in [1.29, 1.82) is 0 Å². The lowest BCUT2D eigenvalue weighted by molar-refractivity contribution is 0.0519. The summed E-state index contributed by atoms with van der Waals surface area (Å²) >= 11 is 0. The molecule has 1 fully saturated rings. The molecule has 1 aliphatic heterocycles. The largest absolute Gasteiger partial charge is 0.497 e. The van der Waals surface area contributed by atoms with Crippen molar-refractivity contribution in [2.45, 2.75) is 6.92 Å². The van der Waals surface area contributed by atoms with Gasteiger partial charge in [-0.2, -0.15) is 4.98 Å². The highest BCUT2D eigenvalue weighted by Crippen LogP contribution is 2.19. The Morgan fingerprint density at radius 3 is 2.69 bits per heavy atom. The van der Waals surface area contributed by atoms with E-state index in [4.69, 9.17) is 13.9 Å². The molecule has 0 saturated carbocycles. The first kappa shape index (κ1) is 17.8. The molecule has 26 heavy (non-hydrogen) atoms. The van der Waals surface area contributed by atoms with Crippen LogP contribution in [0.25, 0.3) is 0 Å². The van der Waals surface area contributed by atoms with E-state index in [1.165, 1.54) is 6.26 Å². The third-order valence-corrected chi connectivity index (χ3v) is 4.13. The number of oxazole rings is 1. The Balaban J connectivity index is 1.60. The molecule has 0 spiro atoms. The van der Waals surface area contributed by atoms with E-state index in [1.54, 1.807) is 43.2 Å². The number of piperazine rings is 1. The van der Waals surface area contributed by atoms with E-state index in [2.05, 4.69) is 4.98 Å². The summed E-state index contributed by atoms with van der Waals surface area (Å²) in [6.45, 7) is 4.22. The number of benzene rings is 1. The summed E-state index contributed by atoms with van der Waals surface area (Å²) in [5.41, 5.74) is 0.746. The van der Waals surface area contributed by atoms with Crippen LogP contribution < -0.4 is 9.64 Å². The standard InChI is InChI=1S/C18H21N3O5/c1-3-25-17(23)15-12-26-18(19-15)21-9-7-20(8-10-21)16(22)13-5-4-6-14(11-13)24-2/h4-6,11-12H,3,7-10H2,1-2H3. The van der Waals surface area contributed by atoms with Gasteiger partial charge in [0.25, 0.3) is 11.9 Å². The molecule has 1 amide bonds. The van der Waals surface area contributed by atoms with Gasteiger partial charge in [-0.3, -0.25) is 4.79 Å². The Kier molecular flexibility index (Phi) is 5.40. The smallest absolute Gasteiger partial charge is 0.360 e. The van der Waals surface area contributed by atoms with Gasteiger partial charge in [-0.1, -0.05) is 6.07 Å². The molecule has 0 radical (unpaired) electrons. The Hall–Kier alpha value is -3.03. The van der Waals surface area contributed by atoms with Gasteiger partial charge >= 0.3 is 5.97 Å². The van der Waals surface area contributed by atoms with E-state index in [0.717, 1.165) is 0 Å². The summed E-state index contributed by atoms with van der Waals surface area (Å²) in [5.74, 6) is 0.110.